The number of carbonyl (C=O) groups is 1. The number of unbranched alkanes of at least 4 members (excludes halogenated alkanes) is 2. The van der Waals surface area contributed by atoms with Gasteiger partial charge in [-0.15, -0.1) is 0 Å². The summed E-state index contributed by atoms with van der Waals surface area (Å²) in [5.74, 6) is 1.93. The van der Waals surface area contributed by atoms with Gasteiger partial charge in [-0.25, -0.2) is 4.98 Å². The molecule has 4 aromatic rings. The van der Waals surface area contributed by atoms with Gasteiger partial charge in [0.1, 0.15) is 18.2 Å². The molecule has 6 heteroatoms. The second-order valence-corrected chi connectivity index (χ2v) is 9.30. The lowest BCUT2D eigenvalue weighted by atomic mass is 10.1. The van der Waals surface area contributed by atoms with Crippen molar-refractivity contribution >= 4 is 28.5 Å². The Kier molecular flexibility index (Phi) is 8.43. The van der Waals surface area contributed by atoms with Crippen LogP contribution >= 0.6 is 11.6 Å². The van der Waals surface area contributed by atoms with Crippen molar-refractivity contribution in [1.82, 2.24) is 14.9 Å². The highest BCUT2D eigenvalue weighted by atomic mass is 35.5. The summed E-state index contributed by atoms with van der Waals surface area (Å²) in [5, 5.41) is 3.54. The van der Waals surface area contributed by atoms with E-state index in [0.29, 0.717) is 23.7 Å². The number of para-hydroxylation sites is 2. The fourth-order valence-corrected chi connectivity index (χ4v) is 4.48. The van der Waals surface area contributed by atoms with Crippen molar-refractivity contribution in [2.45, 2.75) is 46.1 Å². The molecular formula is C29H32ClN3O2. The van der Waals surface area contributed by atoms with Crippen molar-refractivity contribution in [3.8, 4) is 5.75 Å². The van der Waals surface area contributed by atoms with E-state index in [1.165, 1.54) is 5.56 Å². The third kappa shape index (κ3) is 6.64. The number of imidazole rings is 1. The van der Waals surface area contributed by atoms with Crippen LogP contribution in [0.4, 0.5) is 0 Å². The molecule has 0 saturated carbocycles. The van der Waals surface area contributed by atoms with Crippen molar-refractivity contribution in [1.29, 1.82) is 0 Å². The minimum absolute atomic E-state index is 0.0851. The first-order valence-corrected chi connectivity index (χ1v) is 12.6. The van der Waals surface area contributed by atoms with Gasteiger partial charge in [-0.3, -0.25) is 4.79 Å². The number of ether oxygens (including phenoxy) is 1. The Balaban J connectivity index is 1.28. The van der Waals surface area contributed by atoms with E-state index in [9.17, 15) is 4.79 Å². The van der Waals surface area contributed by atoms with Crippen LogP contribution < -0.4 is 10.1 Å². The number of amides is 1. The van der Waals surface area contributed by atoms with Crippen LogP contribution in [0.15, 0.2) is 66.7 Å². The predicted octanol–water partition coefficient (Wildman–Crippen LogP) is 6.53. The zero-order chi connectivity index (χ0) is 24.6. The Morgan fingerprint density at radius 1 is 1.00 bits per heavy atom. The Labute approximate surface area is 212 Å². The predicted molar refractivity (Wildman–Crippen MR) is 142 cm³/mol. The molecule has 0 saturated heterocycles. The lowest BCUT2D eigenvalue weighted by Gasteiger charge is -2.13. The summed E-state index contributed by atoms with van der Waals surface area (Å²) in [6.45, 7) is 6.16. The number of aromatic nitrogens is 2. The van der Waals surface area contributed by atoms with Crippen LogP contribution in [0, 0.1) is 13.8 Å². The summed E-state index contributed by atoms with van der Waals surface area (Å²) in [7, 11) is 0. The first kappa shape index (κ1) is 24.8. The Morgan fingerprint density at radius 3 is 2.69 bits per heavy atom. The van der Waals surface area contributed by atoms with Gasteiger partial charge in [-0.05, 0) is 68.7 Å². The number of nitrogens with one attached hydrogen (secondary N) is 1. The molecule has 0 radical (unpaired) electrons. The maximum Gasteiger partial charge on any atom is 0.251 e. The number of fused-ring (bicyclic) bond motifs is 1. The number of hydrogen-bond donors (Lipinski definition) is 1. The van der Waals surface area contributed by atoms with Gasteiger partial charge in [0.05, 0.1) is 17.6 Å². The van der Waals surface area contributed by atoms with Crippen LogP contribution in [0.3, 0.4) is 0 Å². The van der Waals surface area contributed by atoms with E-state index < -0.39 is 0 Å². The Hall–Kier alpha value is -3.31. The fraction of sp³-hybridized carbons (Fsp3) is 0.310. The van der Waals surface area contributed by atoms with E-state index >= 15 is 0 Å². The molecule has 0 spiro atoms. The third-order valence-corrected chi connectivity index (χ3v) is 6.32. The number of nitrogens with zero attached hydrogens (tertiary/aromatic N) is 2. The number of carbonyl (C=O) groups excluding carboxylic acids is 1. The van der Waals surface area contributed by atoms with E-state index in [4.69, 9.17) is 21.3 Å². The van der Waals surface area contributed by atoms with Gasteiger partial charge in [0.25, 0.3) is 5.91 Å². The van der Waals surface area contributed by atoms with Crippen molar-refractivity contribution in [2.75, 3.05) is 13.2 Å². The summed E-state index contributed by atoms with van der Waals surface area (Å²) in [4.78, 5) is 17.1. The monoisotopic (exact) mass is 489 g/mol. The fourth-order valence-electron chi connectivity index (χ4n) is 4.29. The molecule has 0 aliphatic carbocycles. The number of halogens is 1. The summed E-state index contributed by atoms with van der Waals surface area (Å²) < 4.78 is 8.37. The molecule has 0 aliphatic heterocycles. The van der Waals surface area contributed by atoms with Crippen LogP contribution in [-0.2, 0) is 13.0 Å². The summed E-state index contributed by atoms with van der Waals surface area (Å²) in [6.07, 6.45) is 3.83. The van der Waals surface area contributed by atoms with Gasteiger partial charge in [0, 0.05) is 23.6 Å². The van der Waals surface area contributed by atoms with Gasteiger partial charge in [0.2, 0.25) is 0 Å². The molecule has 182 valence electrons. The molecule has 1 N–H and O–H groups in total. The highest BCUT2D eigenvalue weighted by molar-refractivity contribution is 6.30. The molecule has 4 rings (SSSR count). The Morgan fingerprint density at radius 2 is 1.86 bits per heavy atom. The highest BCUT2D eigenvalue weighted by Gasteiger charge is 2.11. The van der Waals surface area contributed by atoms with Crippen molar-refractivity contribution in [2.24, 2.45) is 0 Å². The molecule has 0 atom stereocenters. The zero-order valence-corrected chi connectivity index (χ0v) is 21.1. The van der Waals surface area contributed by atoms with E-state index in [2.05, 4.69) is 54.1 Å². The highest BCUT2D eigenvalue weighted by Crippen LogP contribution is 2.21. The Bertz CT molecular complexity index is 1300. The van der Waals surface area contributed by atoms with Gasteiger partial charge >= 0.3 is 0 Å². The van der Waals surface area contributed by atoms with E-state index in [1.807, 2.05) is 12.1 Å². The van der Waals surface area contributed by atoms with Crippen molar-refractivity contribution < 1.29 is 9.53 Å². The maximum atomic E-state index is 12.2. The second kappa shape index (κ2) is 11.9. The summed E-state index contributed by atoms with van der Waals surface area (Å²) in [5.41, 5.74) is 5.14. The van der Waals surface area contributed by atoms with Crippen LogP contribution in [0.1, 0.15) is 46.6 Å². The van der Waals surface area contributed by atoms with E-state index in [-0.39, 0.29) is 5.91 Å². The average molecular weight is 490 g/mol. The minimum atomic E-state index is -0.0851. The van der Waals surface area contributed by atoms with Crippen LogP contribution in [-0.4, -0.2) is 28.6 Å². The average Bonchev–Trinajstić information content (AvgIpc) is 3.20. The lowest BCUT2D eigenvalue weighted by molar-refractivity contribution is 0.0953. The topological polar surface area (TPSA) is 56.1 Å². The largest absolute Gasteiger partial charge is 0.491 e. The van der Waals surface area contributed by atoms with Gasteiger partial charge in [-0.1, -0.05) is 53.9 Å². The first-order chi connectivity index (χ1) is 17.0. The standard InChI is InChI=1S/C29H32ClN3O2/c1-21-14-15-27(22(2)19-21)35-18-17-33-26-12-6-5-11-25(26)32-28(33)13-4-3-7-16-31-29(34)23-9-8-10-24(30)20-23/h5-6,8-12,14-15,19-20H,3-4,7,13,16-18H2,1-2H3,(H,31,34). The lowest BCUT2D eigenvalue weighted by Crippen LogP contribution is -2.24. The van der Waals surface area contributed by atoms with Crippen LogP contribution in [0.5, 0.6) is 5.75 Å². The number of aryl methyl sites for hydroxylation is 3. The van der Waals surface area contributed by atoms with Crippen molar-refractivity contribution in [3.05, 3.63) is 94.3 Å². The number of rotatable bonds is 11. The minimum Gasteiger partial charge on any atom is -0.491 e. The SMILES string of the molecule is Cc1ccc(OCCn2c(CCCCCNC(=O)c3cccc(Cl)c3)nc3ccccc32)c(C)c1. The molecule has 0 aliphatic rings. The smallest absolute Gasteiger partial charge is 0.251 e. The molecule has 1 aromatic heterocycles. The van der Waals surface area contributed by atoms with Gasteiger partial charge in [-0.2, -0.15) is 0 Å². The normalized spacial score (nSPS) is 11.1. The second-order valence-electron chi connectivity index (χ2n) is 8.86. The molecule has 35 heavy (non-hydrogen) atoms. The molecule has 0 bridgehead atoms. The third-order valence-electron chi connectivity index (χ3n) is 6.09. The van der Waals surface area contributed by atoms with Gasteiger partial charge in [0.15, 0.2) is 0 Å². The molecule has 1 heterocycles. The molecular weight excluding hydrogens is 458 g/mol. The van der Waals surface area contributed by atoms with E-state index in [1.54, 1.807) is 24.3 Å². The quantitative estimate of drug-likeness (QED) is 0.244. The van der Waals surface area contributed by atoms with Crippen molar-refractivity contribution in [3.63, 3.8) is 0 Å². The number of hydrogen-bond acceptors (Lipinski definition) is 3. The maximum absolute atomic E-state index is 12.2. The van der Waals surface area contributed by atoms with E-state index in [0.717, 1.165) is 60.4 Å². The molecule has 3 aromatic carbocycles. The number of benzene rings is 3. The summed E-state index contributed by atoms with van der Waals surface area (Å²) >= 11 is 5.97. The molecule has 0 unspecified atom stereocenters. The van der Waals surface area contributed by atoms with Crippen LogP contribution in [0.25, 0.3) is 11.0 Å². The zero-order valence-electron chi connectivity index (χ0n) is 20.4. The first-order valence-electron chi connectivity index (χ1n) is 12.2. The van der Waals surface area contributed by atoms with Gasteiger partial charge < -0.3 is 14.6 Å². The molecule has 5 nitrogen and oxygen atoms in total. The summed E-state index contributed by atoms with van der Waals surface area (Å²) in [6, 6.07) is 21.5. The van der Waals surface area contributed by atoms with Crippen LogP contribution in [0.2, 0.25) is 5.02 Å². The molecule has 1 amide bonds. The molecule has 0 fully saturated rings.